The van der Waals surface area contributed by atoms with Crippen LogP contribution in [-0.4, -0.2) is 21.3 Å². The summed E-state index contributed by atoms with van der Waals surface area (Å²) >= 11 is 6.53. The summed E-state index contributed by atoms with van der Waals surface area (Å²) < 4.78 is 6.28. The van der Waals surface area contributed by atoms with Crippen molar-refractivity contribution in [2.24, 2.45) is 0 Å². The van der Waals surface area contributed by atoms with Gasteiger partial charge in [0.05, 0.1) is 27.8 Å². The highest BCUT2D eigenvalue weighted by Gasteiger charge is 2.33. The minimum absolute atomic E-state index is 0.0712. The van der Waals surface area contributed by atoms with E-state index in [1.54, 1.807) is 36.4 Å². The lowest BCUT2D eigenvalue weighted by Gasteiger charge is -2.15. The molecule has 0 atom stereocenters. The van der Waals surface area contributed by atoms with Crippen LogP contribution in [0.2, 0.25) is 0 Å². The number of nitrogens with zero attached hydrogens (tertiary/aromatic N) is 2. The third-order valence-corrected chi connectivity index (χ3v) is 6.17. The van der Waals surface area contributed by atoms with Crippen molar-refractivity contribution in [3.63, 3.8) is 0 Å². The minimum Gasteiger partial charge on any atom is -0.488 e. The number of aromatic carboxylic acids is 1. The molecule has 1 saturated heterocycles. The fourth-order valence-corrected chi connectivity index (χ4v) is 4.54. The standard InChI is InChI=1S/C25H16N2O4S2/c26-14-18-7-1-2-8-19(18)15-31-21-11-4-3-6-16(21)13-22-23(28)27(25(32)33-22)20-10-5-9-17(12-20)24(29)30/h1-13H,15H2,(H,29,30)/b22-13+. The van der Waals surface area contributed by atoms with Crippen molar-refractivity contribution in [1.29, 1.82) is 5.26 Å². The smallest absolute Gasteiger partial charge is 0.335 e. The van der Waals surface area contributed by atoms with Crippen LogP contribution >= 0.6 is 24.0 Å². The Kier molecular flexibility index (Phi) is 6.54. The molecule has 0 saturated carbocycles. The fraction of sp³-hybridized carbons (Fsp3) is 0.0400. The predicted molar refractivity (Wildman–Crippen MR) is 131 cm³/mol. The molecule has 1 N–H and O–H groups in total. The van der Waals surface area contributed by atoms with E-state index in [0.29, 0.717) is 31.8 Å². The first-order valence-electron chi connectivity index (χ1n) is 9.79. The van der Waals surface area contributed by atoms with Crippen LogP contribution in [0.15, 0.2) is 77.7 Å². The number of hydrogen-bond donors (Lipinski definition) is 1. The van der Waals surface area contributed by atoms with Crippen LogP contribution < -0.4 is 9.64 Å². The van der Waals surface area contributed by atoms with E-state index in [9.17, 15) is 20.0 Å². The van der Waals surface area contributed by atoms with E-state index in [0.717, 1.165) is 17.3 Å². The molecule has 0 radical (unpaired) electrons. The summed E-state index contributed by atoms with van der Waals surface area (Å²) in [5.41, 5.74) is 2.46. The van der Waals surface area contributed by atoms with Gasteiger partial charge in [0.15, 0.2) is 4.32 Å². The highest BCUT2D eigenvalue weighted by Crippen LogP contribution is 2.37. The van der Waals surface area contributed by atoms with Crippen molar-refractivity contribution in [3.05, 3.63) is 100.0 Å². The summed E-state index contributed by atoms with van der Waals surface area (Å²) in [6.07, 6.45) is 1.70. The maximum Gasteiger partial charge on any atom is 0.335 e. The van der Waals surface area contributed by atoms with Crippen molar-refractivity contribution < 1.29 is 19.4 Å². The van der Waals surface area contributed by atoms with Crippen LogP contribution in [0.25, 0.3) is 6.08 Å². The maximum absolute atomic E-state index is 13.1. The van der Waals surface area contributed by atoms with Gasteiger partial charge in [-0.15, -0.1) is 0 Å². The molecule has 33 heavy (non-hydrogen) atoms. The van der Waals surface area contributed by atoms with Crippen LogP contribution in [0.5, 0.6) is 5.75 Å². The molecule has 1 amide bonds. The van der Waals surface area contributed by atoms with Crippen molar-refractivity contribution in [3.8, 4) is 11.8 Å². The highest BCUT2D eigenvalue weighted by molar-refractivity contribution is 8.27. The molecule has 0 aliphatic carbocycles. The molecule has 0 unspecified atom stereocenters. The van der Waals surface area contributed by atoms with E-state index in [1.807, 2.05) is 30.3 Å². The van der Waals surface area contributed by atoms with Crippen molar-refractivity contribution in [2.45, 2.75) is 6.61 Å². The Hall–Kier alpha value is -3.93. The molecule has 0 spiro atoms. The Morgan fingerprint density at radius 1 is 1.12 bits per heavy atom. The highest BCUT2D eigenvalue weighted by atomic mass is 32.2. The number of thioether (sulfide) groups is 1. The fourth-order valence-electron chi connectivity index (χ4n) is 3.25. The van der Waals surface area contributed by atoms with Gasteiger partial charge >= 0.3 is 5.97 Å². The minimum atomic E-state index is -1.08. The Bertz CT molecular complexity index is 1340. The normalized spacial score (nSPS) is 14.4. The Morgan fingerprint density at radius 2 is 1.88 bits per heavy atom. The Labute approximate surface area is 199 Å². The molecule has 162 valence electrons. The number of para-hydroxylation sites is 1. The van der Waals surface area contributed by atoms with Gasteiger partial charge in [0.25, 0.3) is 5.91 Å². The van der Waals surface area contributed by atoms with Crippen LogP contribution in [0.3, 0.4) is 0 Å². The number of anilines is 1. The molecule has 3 aromatic carbocycles. The van der Waals surface area contributed by atoms with Gasteiger partial charge in [-0.2, -0.15) is 5.26 Å². The quantitative estimate of drug-likeness (QED) is 0.387. The number of rotatable bonds is 6. The average Bonchev–Trinajstić information content (AvgIpc) is 3.11. The van der Waals surface area contributed by atoms with E-state index in [1.165, 1.54) is 17.0 Å². The first kappa shape index (κ1) is 22.3. The second-order valence-corrected chi connectivity index (χ2v) is 8.64. The van der Waals surface area contributed by atoms with Gasteiger partial charge in [-0.1, -0.05) is 66.4 Å². The second kappa shape index (κ2) is 9.69. The number of amides is 1. The summed E-state index contributed by atoms with van der Waals surface area (Å²) in [6, 6.07) is 22.7. The summed E-state index contributed by atoms with van der Waals surface area (Å²) in [5, 5.41) is 18.5. The van der Waals surface area contributed by atoms with E-state index in [4.69, 9.17) is 17.0 Å². The zero-order chi connectivity index (χ0) is 23.4. The lowest BCUT2D eigenvalue weighted by molar-refractivity contribution is -0.113. The summed E-state index contributed by atoms with van der Waals surface area (Å²) in [7, 11) is 0. The second-order valence-electron chi connectivity index (χ2n) is 6.97. The van der Waals surface area contributed by atoms with Crippen molar-refractivity contribution in [2.75, 3.05) is 4.90 Å². The molecule has 6 nitrogen and oxygen atoms in total. The largest absolute Gasteiger partial charge is 0.488 e. The number of ether oxygens (including phenoxy) is 1. The molecule has 1 heterocycles. The van der Waals surface area contributed by atoms with Crippen LogP contribution in [0.4, 0.5) is 5.69 Å². The number of carboxylic acid groups (broad SMARTS) is 1. The van der Waals surface area contributed by atoms with E-state index in [2.05, 4.69) is 6.07 Å². The third-order valence-electron chi connectivity index (χ3n) is 4.87. The summed E-state index contributed by atoms with van der Waals surface area (Å²) in [5.74, 6) is -0.859. The molecule has 0 bridgehead atoms. The number of nitriles is 1. The average molecular weight is 473 g/mol. The lowest BCUT2D eigenvalue weighted by Crippen LogP contribution is -2.27. The SMILES string of the molecule is N#Cc1ccccc1COc1ccccc1/C=C1/SC(=S)N(c2cccc(C(=O)O)c2)C1=O. The Morgan fingerprint density at radius 3 is 2.67 bits per heavy atom. The molecule has 1 aliphatic rings. The first-order valence-corrected chi connectivity index (χ1v) is 11.0. The molecular formula is C25H16N2O4S2. The van der Waals surface area contributed by atoms with Gasteiger partial charge in [-0.05, 0) is 36.4 Å². The molecule has 1 aliphatic heterocycles. The summed E-state index contributed by atoms with van der Waals surface area (Å²) in [4.78, 5) is 26.1. The number of benzene rings is 3. The van der Waals surface area contributed by atoms with Gasteiger partial charge in [0, 0.05) is 11.1 Å². The van der Waals surface area contributed by atoms with Gasteiger partial charge in [0.2, 0.25) is 0 Å². The first-order chi connectivity index (χ1) is 16.0. The van der Waals surface area contributed by atoms with Gasteiger partial charge in [0.1, 0.15) is 12.4 Å². The number of thiocarbonyl (C=S) groups is 1. The molecule has 1 fully saturated rings. The molecular weight excluding hydrogens is 456 g/mol. The van der Waals surface area contributed by atoms with E-state index < -0.39 is 5.97 Å². The zero-order valence-electron chi connectivity index (χ0n) is 17.1. The van der Waals surface area contributed by atoms with Crippen molar-refractivity contribution >= 4 is 51.9 Å². The monoisotopic (exact) mass is 472 g/mol. The zero-order valence-corrected chi connectivity index (χ0v) is 18.7. The van der Waals surface area contributed by atoms with Crippen LogP contribution in [0, 0.1) is 11.3 Å². The van der Waals surface area contributed by atoms with Gasteiger partial charge in [-0.3, -0.25) is 9.69 Å². The van der Waals surface area contributed by atoms with Crippen molar-refractivity contribution in [1.82, 2.24) is 0 Å². The van der Waals surface area contributed by atoms with E-state index in [-0.39, 0.29) is 18.1 Å². The summed E-state index contributed by atoms with van der Waals surface area (Å²) in [6.45, 7) is 0.206. The maximum atomic E-state index is 13.1. The number of hydrogen-bond acceptors (Lipinski definition) is 6. The van der Waals surface area contributed by atoms with E-state index >= 15 is 0 Å². The van der Waals surface area contributed by atoms with Crippen LogP contribution in [0.1, 0.15) is 27.0 Å². The lowest BCUT2D eigenvalue weighted by atomic mass is 10.1. The van der Waals surface area contributed by atoms with Gasteiger partial charge < -0.3 is 9.84 Å². The molecule has 0 aromatic heterocycles. The Balaban J connectivity index is 1.59. The molecule has 3 aromatic rings. The van der Waals surface area contributed by atoms with Gasteiger partial charge in [-0.25, -0.2) is 4.79 Å². The number of carbonyl (C=O) groups is 2. The van der Waals surface area contributed by atoms with Crippen LogP contribution in [-0.2, 0) is 11.4 Å². The number of carbonyl (C=O) groups excluding carboxylic acids is 1. The molecule has 4 rings (SSSR count). The number of carboxylic acids is 1. The topological polar surface area (TPSA) is 90.6 Å². The third kappa shape index (κ3) is 4.80. The molecule has 8 heteroatoms. The predicted octanol–water partition coefficient (Wildman–Crippen LogP) is 5.24.